The number of hydrogen-bond acceptors (Lipinski definition) is 5. The Morgan fingerprint density at radius 3 is 2.60 bits per heavy atom. The standard InChI is InChI=1S/C10H16O5/c1-5-6(11)7-8(9(12-4)13-5)15-10(2,3)14-7/h5,7-9H,1-4H3/t5-,7-,8-,9+/m1/s1. The van der Waals surface area contributed by atoms with Gasteiger partial charge < -0.3 is 18.9 Å². The van der Waals surface area contributed by atoms with Crippen molar-refractivity contribution in [1.29, 1.82) is 0 Å². The molecule has 0 radical (unpaired) electrons. The Bertz CT molecular complexity index is 275. The zero-order valence-corrected chi connectivity index (χ0v) is 9.35. The Morgan fingerprint density at radius 2 is 2.00 bits per heavy atom. The Labute approximate surface area is 88.6 Å². The van der Waals surface area contributed by atoms with Crippen LogP contribution in [-0.4, -0.2) is 43.3 Å². The lowest BCUT2D eigenvalue weighted by Gasteiger charge is -2.32. The third-order valence-corrected chi connectivity index (χ3v) is 2.65. The van der Waals surface area contributed by atoms with Gasteiger partial charge in [-0.1, -0.05) is 0 Å². The first-order valence-corrected chi connectivity index (χ1v) is 5.02. The monoisotopic (exact) mass is 216 g/mol. The van der Waals surface area contributed by atoms with Gasteiger partial charge in [0.2, 0.25) is 0 Å². The molecule has 15 heavy (non-hydrogen) atoms. The second kappa shape index (κ2) is 3.52. The van der Waals surface area contributed by atoms with Gasteiger partial charge in [0.05, 0.1) is 0 Å². The van der Waals surface area contributed by atoms with Gasteiger partial charge in [-0.05, 0) is 20.8 Å². The van der Waals surface area contributed by atoms with Crippen LogP contribution in [0.1, 0.15) is 20.8 Å². The summed E-state index contributed by atoms with van der Waals surface area (Å²) in [5.74, 6) is -0.839. The third-order valence-electron chi connectivity index (χ3n) is 2.65. The minimum atomic E-state index is -0.755. The Hall–Kier alpha value is -0.490. The molecule has 0 aromatic rings. The lowest BCUT2D eigenvalue weighted by Crippen LogP contribution is -2.53. The SMILES string of the molecule is CO[C@H]1O[C@H](C)C(=O)[C@H]2OC(C)(C)O[C@@H]12. The highest BCUT2D eigenvalue weighted by atomic mass is 16.8. The highest BCUT2D eigenvalue weighted by Gasteiger charge is 2.54. The topological polar surface area (TPSA) is 54.0 Å². The number of rotatable bonds is 1. The normalized spacial score (nSPS) is 44.1. The Kier molecular flexibility index (Phi) is 2.58. The third kappa shape index (κ3) is 1.80. The molecule has 2 aliphatic rings. The lowest BCUT2D eigenvalue weighted by atomic mass is 10.0. The average molecular weight is 216 g/mol. The molecule has 0 bridgehead atoms. The second-order valence-electron chi connectivity index (χ2n) is 4.31. The van der Waals surface area contributed by atoms with E-state index in [4.69, 9.17) is 18.9 Å². The molecule has 0 amide bonds. The highest BCUT2D eigenvalue weighted by Crippen LogP contribution is 2.35. The van der Waals surface area contributed by atoms with E-state index >= 15 is 0 Å². The number of methoxy groups -OCH3 is 1. The molecule has 4 atom stereocenters. The number of Topliss-reactive ketones (excluding diaryl/α,β-unsaturated/α-hetero) is 1. The van der Waals surface area contributed by atoms with Crippen molar-refractivity contribution in [3.63, 3.8) is 0 Å². The number of fused-ring (bicyclic) bond motifs is 1. The fraction of sp³-hybridized carbons (Fsp3) is 0.900. The number of carbonyl (C=O) groups is 1. The first kappa shape index (κ1) is 11.0. The van der Waals surface area contributed by atoms with Gasteiger partial charge in [0.15, 0.2) is 24.0 Å². The second-order valence-corrected chi connectivity index (χ2v) is 4.31. The van der Waals surface area contributed by atoms with E-state index in [-0.39, 0.29) is 5.78 Å². The molecule has 0 spiro atoms. The van der Waals surface area contributed by atoms with Crippen LogP contribution in [0.3, 0.4) is 0 Å². The summed E-state index contributed by atoms with van der Waals surface area (Å²) in [5.41, 5.74) is 0. The minimum Gasteiger partial charge on any atom is -0.353 e. The molecule has 2 saturated heterocycles. The van der Waals surface area contributed by atoms with Gasteiger partial charge in [0, 0.05) is 7.11 Å². The molecular weight excluding hydrogens is 200 g/mol. The first-order valence-electron chi connectivity index (χ1n) is 5.02. The molecule has 2 heterocycles. The van der Waals surface area contributed by atoms with Crippen LogP contribution in [0.15, 0.2) is 0 Å². The molecule has 2 rings (SSSR count). The summed E-state index contributed by atoms with van der Waals surface area (Å²) in [5, 5.41) is 0. The number of hydrogen-bond donors (Lipinski definition) is 0. The molecule has 2 aliphatic heterocycles. The fourth-order valence-electron chi connectivity index (χ4n) is 1.98. The van der Waals surface area contributed by atoms with Crippen molar-refractivity contribution in [3.05, 3.63) is 0 Å². The van der Waals surface area contributed by atoms with E-state index in [9.17, 15) is 4.79 Å². The summed E-state index contributed by atoms with van der Waals surface area (Å²) < 4.78 is 21.6. The summed E-state index contributed by atoms with van der Waals surface area (Å²) in [6.45, 7) is 5.24. The smallest absolute Gasteiger partial charge is 0.193 e. The van der Waals surface area contributed by atoms with Crippen LogP contribution < -0.4 is 0 Å². The molecule has 0 saturated carbocycles. The van der Waals surface area contributed by atoms with Crippen molar-refractivity contribution < 1.29 is 23.7 Å². The molecule has 0 aliphatic carbocycles. The van der Waals surface area contributed by atoms with Gasteiger partial charge in [-0.3, -0.25) is 4.79 Å². The van der Waals surface area contributed by atoms with E-state index in [1.807, 2.05) is 0 Å². The molecule has 5 nitrogen and oxygen atoms in total. The highest BCUT2D eigenvalue weighted by molar-refractivity contribution is 5.88. The van der Waals surface area contributed by atoms with Gasteiger partial charge in [-0.2, -0.15) is 0 Å². The Balaban J connectivity index is 2.22. The summed E-state index contributed by atoms with van der Waals surface area (Å²) in [6, 6.07) is 0. The summed E-state index contributed by atoms with van der Waals surface area (Å²) >= 11 is 0. The number of carbonyl (C=O) groups excluding carboxylic acids is 1. The summed E-state index contributed by atoms with van der Waals surface area (Å²) in [4.78, 5) is 11.8. The maximum absolute atomic E-state index is 11.8. The minimum absolute atomic E-state index is 0.0844. The molecule has 86 valence electrons. The molecule has 2 fully saturated rings. The van der Waals surface area contributed by atoms with E-state index in [0.29, 0.717) is 0 Å². The molecule has 0 aromatic carbocycles. The van der Waals surface area contributed by atoms with Crippen LogP contribution in [0.4, 0.5) is 0 Å². The van der Waals surface area contributed by atoms with Gasteiger partial charge in [-0.15, -0.1) is 0 Å². The van der Waals surface area contributed by atoms with Gasteiger partial charge in [-0.25, -0.2) is 0 Å². The predicted molar refractivity (Wildman–Crippen MR) is 50.2 cm³/mol. The maximum atomic E-state index is 11.8. The van der Waals surface area contributed by atoms with Crippen LogP contribution in [0, 0.1) is 0 Å². The maximum Gasteiger partial charge on any atom is 0.193 e. The van der Waals surface area contributed by atoms with E-state index < -0.39 is 30.4 Å². The Morgan fingerprint density at radius 1 is 1.33 bits per heavy atom. The van der Waals surface area contributed by atoms with Gasteiger partial charge in [0.1, 0.15) is 12.2 Å². The molecule has 0 aromatic heterocycles. The van der Waals surface area contributed by atoms with Gasteiger partial charge >= 0.3 is 0 Å². The van der Waals surface area contributed by atoms with Crippen molar-refractivity contribution in [1.82, 2.24) is 0 Å². The molecule has 0 unspecified atom stereocenters. The number of ketones is 1. The zero-order chi connectivity index (χ0) is 11.2. The van der Waals surface area contributed by atoms with Crippen molar-refractivity contribution in [2.24, 2.45) is 0 Å². The van der Waals surface area contributed by atoms with Gasteiger partial charge in [0.25, 0.3) is 0 Å². The average Bonchev–Trinajstić information content (AvgIpc) is 2.48. The van der Waals surface area contributed by atoms with Crippen molar-refractivity contribution in [2.45, 2.75) is 51.2 Å². The van der Waals surface area contributed by atoms with Crippen LogP contribution in [-0.2, 0) is 23.7 Å². The van der Waals surface area contributed by atoms with E-state index in [1.165, 1.54) is 7.11 Å². The van der Waals surface area contributed by atoms with Crippen molar-refractivity contribution in [2.75, 3.05) is 7.11 Å². The molecule has 0 N–H and O–H groups in total. The largest absolute Gasteiger partial charge is 0.353 e. The van der Waals surface area contributed by atoms with Crippen molar-refractivity contribution >= 4 is 5.78 Å². The van der Waals surface area contributed by atoms with Crippen LogP contribution in [0.5, 0.6) is 0 Å². The van der Waals surface area contributed by atoms with E-state index in [1.54, 1.807) is 20.8 Å². The van der Waals surface area contributed by atoms with E-state index in [0.717, 1.165) is 0 Å². The van der Waals surface area contributed by atoms with Crippen LogP contribution >= 0.6 is 0 Å². The fourth-order valence-corrected chi connectivity index (χ4v) is 1.98. The quantitative estimate of drug-likeness (QED) is 0.637. The molecular formula is C10H16O5. The zero-order valence-electron chi connectivity index (χ0n) is 9.35. The molecule has 5 heteroatoms. The van der Waals surface area contributed by atoms with Crippen molar-refractivity contribution in [3.8, 4) is 0 Å². The lowest BCUT2D eigenvalue weighted by molar-refractivity contribution is -0.232. The van der Waals surface area contributed by atoms with Crippen LogP contribution in [0.25, 0.3) is 0 Å². The summed E-state index contributed by atoms with van der Waals surface area (Å²) in [6.07, 6.45) is -2.08. The van der Waals surface area contributed by atoms with Crippen LogP contribution in [0.2, 0.25) is 0 Å². The first-order chi connectivity index (χ1) is 6.94. The number of ether oxygens (including phenoxy) is 4. The predicted octanol–water partition coefficient (Wildman–Crippen LogP) is 0.467. The van der Waals surface area contributed by atoms with E-state index in [2.05, 4.69) is 0 Å². The summed E-state index contributed by atoms with van der Waals surface area (Å²) in [7, 11) is 1.53.